The first-order valence-corrected chi connectivity index (χ1v) is 5.51. The van der Waals surface area contributed by atoms with Gasteiger partial charge in [0, 0.05) is 12.2 Å². The summed E-state index contributed by atoms with van der Waals surface area (Å²) >= 11 is 0. The fraction of sp³-hybridized carbons (Fsp3) is 0.583. The van der Waals surface area contributed by atoms with Crippen LogP contribution < -0.4 is 5.32 Å². The van der Waals surface area contributed by atoms with Crippen LogP contribution in [0.5, 0.6) is 0 Å². The van der Waals surface area contributed by atoms with E-state index in [0.717, 1.165) is 12.2 Å². The maximum absolute atomic E-state index is 8.79. The molecule has 4 nitrogen and oxygen atoms in total. The lowest BCUT2D eigenvalue weighted by Gasteiger charge is -2.06. The van der Waals surface area contributed by atoms with Gasteiger partial charge in [0.05, 0.1) is 0 Å². The summed E-state index contributed by atoms with van der Waals surface area (Å²) in [6, 6.07) is 3.72. The molecule has 1 saturated carbocycles. The van der Waals surface area contributed by atoms with Crippen LogP contribution in [-0.2, 0) is 0 Å². The van der Waals surface area contributed by atoms with Crippen LogP contribution in [0.2, 0.25) is 0 Å². The van der Waals surface area contributed by atoms with Gasteiger partial charge >= 0.3 is 0 Å². The lowest BCUT2D eigenvalue weighted by Crippen LogP contribution is -2.10. The van der Waals surface area contributed by atoms with Gasteiger partial charge in [-0.3, -0.25) is 0 Å². The number of nitriles is 1. The van der Waals surface area contributed by atoms with Crippen molar-refractivity contribution >= 4 is 5.95 Å². The Morgan fingerprint density at radius 2 is 2.25 bits per heavy atom. The van der Waals surface area contributed by atoms with Crippen molar-refractivity contribution < 1.29 is 0 Å². The lowest BCUT2D eigenvalue weighted by molar-refractivity contribution is 0.572. The Balaban J connectivity index is 2.00. The predicted molar refractivity (Wildman–Crippen MR) is 61.9 cm³/mol. The van der Waals surface area contributed by atoms with Gasteiger partial charge in [-0.2, -0.15) is 5.26 Å². The fourth-order valence-electron chi connectivity index (χ4n) is 1.84. The van der Waals surface area contributed by atoms with E-state index in [4.69, 9.17) is 5.26 Å². The van der Waals surface area contributed by atoms with E-state index < -0.39 is 0 Å². The van der Waals surface area contributed by atoms with E-state index in [0.29, 0.717) is 23.0 Å². The molecule has 0 aliphatic heterocycles. The van der Waals surface area contributed by atoms with Crippen molar-refractivity contribution in [3.05, 3.63) is 17.5 Å². The average Bonchev–Trinajstić information content (AvgIpc) is 2.83. The monoisotopic (exact) mass is 216 g/mol. The summed E-state index contributed by atoms with van der Waals surface area (Å²) in [5.74, 6) is 1.27. The van der Waals surface area contributed by atoms with Crippen molar-refractivity contribution in [2.45, 2.75) is 27.2 Å². The standard InChI is InChI=1S/C12H16N4/c1-8-4-10(6-13)16-11(15-8)14-7-9-5-12(9,2)3/h4,9H,5,7H2,1-3H3,(H,14,15,16). The molecule has 1 atom stereocenters. The quantitative estimate of drug-likeness (QED) is 0.840. The summed E-state index contributed by atoms with van der Waals surface area (Å²) < 4.78 is 0. The number of aryl methyl sites for hydroxylation is 1. The van der Waals surface area contributed by atoms with Gasteiger partial charge in [0.25, 0.3) is 0 Å². The lowest BCUT2D eigenvalue weighted by atomic mass is 10.1. The third-order valence-electron chi connectivity index (χ3n) is 3.19. The molecule has 0 aromatic carbocycles. The number of rotatable bonds is 3. The molecule has 1 fully saturated rings. The molecule has 0 bridgehead atoms. The number of hydrogen-bond donors (Lipinski definition) is 1. The van der Waals surface area contributed by atoms with E-state index in [1.54, 1.807) is 6.07 Å². The van der Waals surface area contributed by atoms with E-state index in [1.807, 2.05) is 13.0 Å². The van der Waals surface area contributed by atoms with Gasteiger partial charge in [0.1, 0.15) is 11.8 Å². The number of nitrogens with one attached hydrogen (secondary N) is 1. The molecule has 1 N–H and O–H groups in total. The molecule has 84 valence electrons. The molecule has 1 aliphatic carbocycles. The molecule has 4 heteroatoms. The fourth-order valence-corrected chi connectivity index (χ4v) is 1.84. The van der Waals surface area contributed by atoms with Crippen molar-refractivity contribution in [2.75, 3.05) is 11.9 Å². The first kappa shape index (κ1) is 10.9. The van der Waals surface area contributed by atoms with E-state index in [9.17, 15) is 0 Å². The Bertz CT molecular complexity index is 445. The molecule has 1 aromatic heterocycles. The molecular weight excluding hydrogens is 200 g/mol. The zero-order valence-corrected chi connectivity index (χ0v) is 9.91. The minimum Gasteiger partial charge on any atom is -0.354 e. The molecule has 1 aliphatic rings. The molecule has 0 amide bonds. The van der Waals surface area contributed by atoms with Gasteiger partial charge in [-0.25, -0.2) is 9.97 Å². The number of nitrogens with zero attached hydrogens (tertiary/aromatic N) is 3. The van der Waals surface area contributed by atoms with Gasteiger partial charge in [-0.1, -0.05) is 13.8 Å². The van der Waals surface area contributed by atoms with Gasteiger partial charge in [-0.05, 0) is 30.7 Å². The smallest absolute Gasteiger partial charge is 0.224 e. The van der Waals surface area contributed by atoms with Crippen LogP contribution in [-0.4, -0.2) is 16.5 Å². The Hall–Kier alpha value is -1.63. The molecule has 1 aromatic rings. The number of aromatic nitrogens is 2. The molecule has 0 saturated heterocycles. The van der Waals surface area contributed by atoms with Gasteiger partial charge in [-0.15, -0.1) is 0 Å². The predicted octanol–water partition coefficient (Wildman–Crippen LogP) is 2.11. The third kappa shape index (κ3) is 2.30. The molecule has 0 spiro atoms. The minimum atomic E-state index is 0.421. The molecule has 2 rings (SSSR count). The third-order valence-corrected chi connectivity index (χ3v) is 3.19. The van der Waals surface area contributed by atoms with Gasteiger partial charge in [0.2, 0.25) is 5.95 Å². The Labute approximate surface area is 95.7 Å². The second kappa shape index (κ2) is 3.75. The molecule has 16 heavy (non-hydrogen) atoms. The normalized spacial score (nSPS) is 21.2. The first-order chi connectivity index (χ1) is 7.51. The number of anilines is 1. The Morgan fingerprint density at radius 3 is 2.81 bits per heavy atom. The second-order valence-electron chi connectivity index (χ2n) is 5.10. The SMILES string of the molecule is Cc1cc(C#N)nc(NCC2CC2(C)C)n1. The summed E-state index contributed by atoms with van der Waals surface area (Å²) in [5, 5.41) is 12.0. The molecule has 1 heterocycles. The number of hydrogen-bond acceptors (Lipinski definition) is 4. The van der Waals surface area contributed by atoms with Crippen LogP contribution in [0, 0.1) is 29.6 Å². The van der Waals surface area contributed by atoms with Crippen LogP contribution in [0.1, 0.15) is 31.7 Å². The second-order valence-corrected chi connectivity index (χ2v) is 5.10. The highest BCUT2D eigenvalue weighted by Gasteiger charge is 2.45. The van der Waals surface area contributed by atoms with Crippen molar-refractivity contribution in [2.24, 2.45) is 11.3 Å². The van der Waals surface area contributed by atoms with Crippen molar-refractivity contribution in [1.29, 1.82) is 5.26 Å². The zero-order chi connectivity index (χ0) is 11.8. The maximum atomic E-state index is 8.79. The Kier molecular flexibility index (Phi) is 2.55. The van der Waals surface area contributed by atoms with Crippen LogP contribution in [0.25, 0.3) is 0 Å². The summed E-state index contributed by atoms with van der Waals surface area (Å²) in [7, 11) is 0. The largest absolute Gasteiger partial charge is 0.354 e. The van der Waals surface area contributed by atoms with Crippen LogP contribution in [0.15, 0.2) is 6.07 Å². The van der Waals surface area contributed by atoms with Crippen molar-refractivity contribution in [1.82, 2.24) is 9.97 Å². The molecular formula is C12H16N4. The summed E-state index contributed by atoms with van der Waals surface area (Å²) in [6.07, 6.45) is 1.25. The summed E-state index contributed by atoms with van der Waals surface area (Å²) in [4.78, 5) is 8.37. The van der Waals surface area contributed by atoms with E-state index in [-0.39, 0.29) is 0 Å². The van der Waals surface area contributed by atoms with E-state index >= 15 is 0 Å². The highest BCUT2D eigenvalue weighted by atomic mass is 15.1. The summed E-state index contributed by atoms with van der Waals surface area (Å²) in [6.45, 7) is 7.28. The zero-order valence-electron chi connectivity index (χ0n) is 9.91. The van der Waals surface area contributed by atoms with Crippen LogP contribution in [0.3, 0.4) is 0 Å². The molecule has 0 radical (unpaired) electrons. The van der Waals surface area contributed by atoms with Crippen molar-refractivity contribution in [3.63, 3.8) is 0 Å². The van der Waals surface area contributed by atoms with E-state index in [1.165, 1.54) is 6.42 Å². The van der Waals surface area contributed by atoms with Crippen LogP contribution in [0.4, 0.5) is 5.95 Å². The average molecular weight is 216 g/mol. The van der Waals surface area contributed by atoms with E-state index in [2.05, 4.69) is 29.1 Å². The van der Waals surface area contributed by atoms with Crippen LogP contribution >= 0.6 is 0 Å². The highest BCUT2D eigenvalue weighted by molar-refractivity contribution is 5.33. The topological polar surface area (TPSA) is 61.6 Å². The molecule has 1 unspecified atom stereocenters. The minimum absolute atomic E-state index is 0.421. The van der Waals surface area contributed by atoms with Crippen molar-refractivity contribution in [3.8, 4) is 6.07 Å². The summed E-state index contributed by atoms with van der Waals surface area (Å²) in [5.41, 5.74) is 1.70. The Morgan fingerprint density at radius 1 is 1.56 bits per heavy atom. The maximum Gasteiger partial charge on any atom is 0.224 e. The highest BCUT2D eigenvalue weighted by Crippen LogP contribution is 2.51. The van der Waals surface area contributed by atoms with Gasteiger partial charge < -0.3 is 5.32 Å². The first-order valence-electron chi connectivity index (χ1n) is 5.51. The van der Waals surface area contributed by atoms with Gasteiger partial charge in [0.15, 0.2) is 0 Å².